The van der Waals surface area contributed by atoms with E-state index in [1.807, 2.05) is 19.9 Å². The van der Waals surface area contributed by atoms with E-state index in [-0.39, 0.29) is 11.5 Å². The molecule has 106 valence electrons. The lowest BCUT2D eigenvalue weighted by molar-refractivity contribution is 0.554. The molecule has 1 aromatic carbocycles. The number of nitrogens with two attached hydrogens (primary N) is 1. The number of sulfonamides is 1. The van der Waals surface area contributed by atoms with Crippen LogP contribution in [0.5, 0.6) is 0 Å². The van der Waals surface area contributed by atoms with Crippen LogP contribution >= 0.6 is 0 Å². The van der Waals surface area contributed by atoms with Crippen molar-refractivity contribution in [2.75, 3.05) is 5.73 Å². The van der Waals surface area contributed by atoms with E-state index in [2.05, 4.69) is 18.6 Å². The van der Waals surface area contributed by atoms with Crippen LogP contribution < -0.4 is 10.5 Å². The summed E-state index contributed by atoms with van der Waals surface area (Å²) >= 11 is 0. The molecule has 4 nitrogen and oxygen atoms in total. The number of nitrogens with one attached hydrogen (secondary N) is 1. The second-order valence-electron chi connectivity index (χ2n) is 6.24. The lowest BCUT2D eigenvalue weighted by Gasteiger charge is -2.16. The average Bonchev–Trinajstić information content (AvgIpc) is 2.80. The summed E-state index contributed by atoms with van der Waals surface area (Å²) in [5, 5.41) is 0. The van der Waals surface area contributed by atoms with Crippen LogP contribution in [0.25, 0.3) is 0 Å². The third kappa shape index (κ3) is 2.49. The number of anilines is 1. The van der Waals surface area contributed by atoms with Gasteiger partial charge in [-0.1, -0.05) is 19.9 Å². The molecule has 0 radical (unpaired) electrons. The van der Waals surface area contributed by atoms with Crippen molar-refractivity contribution in [1.82, 2.24) is 4.72 Å². The predicted molar refractivity (Wildman–Crippen MR) is 77.6 cm³/mol. The van der Waals surface area contributed by atoms with E-state index in [4.69, 9.17) is 5.73 Å². The molecule has 0 bridgehead atoms. The van der Waals surface area contributed by atoms with Gasteiger partial charge < -0.3 is 5.73 Å². The van der Waals surface area contributed by atoms with Gasteiger partial charge in [-0.2, -0.15) is 0 Å². The molecular weight excluding hydrogens is 260 g/mol. The van der Waals surface area contributed by atoms with Gasteiger partial charge in [0.25, 0.3) is 0 Å². The SMILES string of the molecule is Cc1cc(C)c(S(=O)(=O)NC2CC2(C)C)c(C)c1N. The summed E-state index contributed by atoms with van der Waals surface area (Å²) in [6.07, 6.45) is 0.881. The summed E-state index contributed by atoms with van der Waals surface area (Å²) in [6.45, 7) is 9.59. The first-order valence-corrected chi connectivity index (χ1v) is 7.93. The topological polar surface area (TPSA) is 72.2 Å². The third-order valence-electron chi connectivity index (χ3n) is 4.04. The van der Waals surface area contributed by atoms with E-state index in [9.17, 15) is 8.42 Å². The van der Waals surface area contributed by atoms with Gasteiger partial charge in [0, 0.05) is 11.7 Å². The highest BCUT2D eigenvalue weighted by atomic mass is 32.2. The molecule has 1 unspecified atom stereocenters. The molecule has 5 heteroatoms. The predicted octanol–water partition coefficient (Wildman–Crippen LogP) is 2.27. The van der Waals surface area contributed by atoms with E-state index < -0.39 is 10.0 Å². The number of nitrogen functional groups attached to an aromatic ring is 1. The largest absolute Gasteiger partial charge is 0.398 e. The number of rotatable bonds is 3. The van der Waals surface area contributed by atoms with E-state index in [0.29, 0.717) is 16.1 Å². The van der Waals surface area contributed by atoms with Crippen LogP contribution in [-0.4, -0.2) is 14.5 Å². The first-order valence-electron chi connectivity index (χ1n) is 6.45. The molecular formula is C14H22N2O2S. The molecule has 1 aromatic rings. The van der Waals surface area contributed by atoms with Crippen molar-refractivity contribution in [2.45, 2.75) is 52.0 Å². The standard InChI is InChI=1S/C14H22N2O2S/c1-8-6-9(2)13(10(3)12(8)15)19(17,18)16-11-7-14(11,4)5/h6,11,16H,7,15H2,1-5H3. The molecule has 3 N–H and O–H groups in total. The lowest BCUT2D eigenvalue weighted by atomic mass is 10.1. The second-order valence-corrected chi connectivity index (χ2v) is 7.90. The first kappa shape index (κ1) is 14.3. The van der Waals surface area contributed by atoms with E-state index in [1.165, 1.54) is 0 Å². The molecule has 0 spiro atoms. The van der Waals surface area contributed by atoms with Crippen LogP contribution in [0, 0.1) is 26.2 Å². The average molecular weight is 282 g/mol. The van der Waals surface area contributed by atoms with Crippen molar-refractivity contribution >= 4 is 15.7 Å². The number of hydrogen-bond donors (Lipinski definition) is 2. The van der Waals surface area contributed by atoms with Gasteiger partial charge >= 0.3 is 0 Å². The molecule has 1 saturated carbocycles. The van der Waals surface area contributed by atoms with Crippen molar-refractivity contribution in [3.8, 4) is 0 Å². The van der Waals surface area contributed by atoms with Gasteiger partial charge in [-0.25, -0.2) is 13.1 Å². The summed E-state index contributed by atoms with van der Waals surface area (Å²) in [7, 11) is -3.50. The zero-order valence-corrected chi connectivity index (χ0v) is 13.0. The molecule has 1 aliphatic carbocycles. The van der Waals surface area contributed by atoms with Crippen LogP contribution in [-0.2, 0) is 10.0 Å². The second kappa shape index (κ2) is 4.21. The quantitative estimate of drug-likeness (QED) is 0.835. The van der Waals surface area contributed by atoms with Gasteiger partial charge in [0.15, 0.2) is 0 Å². The summed E-state index contributed by atoms with van der Waals surface area (Å²) in [5.41, 5.74) is 8.88. The first-order chi connectivity index (χ1) is 8.56. The van der Waals surface area contributed by atoms with Crippen LogP contribution in [0.4, 0.5) is 5.69 Å². The third-order valence-corrected chi connectivity index (χ3v) is 5.80. The number of benzene rings is 1. The van der Waals surface area contributed by atoms with E-state index in [1.54, 1.807) is 6.92 Å². The van der Waals surface area contributed by atoms with Gasteiger partial charge in [0.05, 0.1) is 4.90 Å². The van der Waals surface area contributed by atoms with Crippen molar-refractivity contribution in [2.24, 2.45) is 5.41 Å². The monoisotopic (exact) mass is 282 g/mol. The van der Waals surface area contributed by atoms with Gasteiger partial charge in [0.1, 0.15) is 0 Å². The van der Waals surface area contributed by atoms with Crippen LogP contribution in [0.3, 0.4) is 0 Å². The zero-order valence-electron chi connectivity index (χ0n) is 12.2. The Hall–Kier alpha value is -1.07. The summed E-state index contributed by atoms with van der Waals surface area (Å²) in [4.78, 5) is 0.332. The summed E-state index contributed by atoms with van der Waals surface area (Å²) < 4.78 is 27.8. The minimum atomic E-state index is -3.50. The molecule has 0 saturated heterocycles. The highest BCUT2D eigenvalue weighted by molar-refractivity contribution is 7.89. The Bertz CT molecular complexity index is 633. The fourth-order valence-electron chi connectivity index (χ4n) is 2.51. The Labute approximate surface area is 115 Å². The Morgan fingerprint density at radius 1 is 1.26 bits per heavy atom. The lowest BCUT2D eigenvalue weighted by Crippen LogP contribution is -2.30. The molecule has 1 atom stereocenters. The smallest absolute Gasteiger partial charge is 0.241 e. The molecule has 0 heterocycles. The molecule has 0 aromatic heterocycles. The summed E-state index contributed by atoms with van der Waals surface area (Å²) in [5.74, 6) is 0. The Morgan fingerprint density at radius 3 is 2.26 bits per heavy atom. The normalized spacial score (nSPS) is 21.4. The Balaban J connectivity index is 2.44. The minimum absolute atomic E-state index is 0.0267. The molecule has 19 heavy (non-hydrogen) atoms. The van der Waals surface area contributed by atoms with Crippen LogP contribution in [0.1, 0.15) is 37.0 Å². The highest BCUT2D eigenvalue weighted by Crippen LogP contribution is 2.45. The maximum atomic E-state index is 12.5. The molecule has 0 aliphatic heterocycles. The highest BCUT2D eigenvalue weighted by Gasteiger charge is 2.48. The van der Waals surface area contributed by atoms with Gasteiger partial charge in [-0.05, 0) is 49.3 Å². The Kier molecular flexibility index (Phi) is 3.18. The van der Waals surface area contributed by atoms with Gasteiger partial charge in [-0.15, -0.1) is 0 Å². The van der Waals surface area contributed by atoms with Gasteiger partial charge in [-0.3, -0.25) is 0 Å². The maximum absolute atomic E-state index is 12.5. The number of aryl methyl sites for hydroxylation is 2. The zero-order chi connectivity index (χ0) is 14.6. The fourth-order valence-corrected chi connectivity index (χ4v) is 4.40. The van der Waals surface area contributed by atoms with Gasteiger partial charge in [0.2, 0.25) is 10.0 Å². The molecule has 1 fully saturated rings. The van der Waals surface area contributed by atoms with Crippen LogP contribution in [0.2, 0.25) is 0 Å². The fraction of sp³-hybridized carbons (Fsp3) is 0.571. The Morgan fingerprint density at radius 2 is 1.79 bits per heavy atom. The van der Waals surface area contributed by atoms with E-state index >= 15 is 0 Å². The summed E-state index contributed by atoms with van der Waals surface area (Å²) in [6, 6.07) is 1.86. The maximum Gasteiger partial charge on any atom is 0.241 e. The van der Waals surface area contributed by atoms with Crippen molar-refractivity contribution in [1.29, 1.82) is 0 Å². The molecule has 0 amide bonds. The number of hydrogen-bond acceptors (Lipinski definition) is 3. The molecule has 1 aliphatic rings. The van der Waals surface area contributed by atoms with Crippen molar-refractivity contribution < 1.29 is 8.42 Å². The van der Waals surface area contributed by atoms with Crippen molar-refractivity contribution in [3.05, 3.63) is 22.8 Å². The van der Waals surface area contributed by atoms with Crippen LogP contribution in [0.15, 0.2) is 11.0 Å². The van der Waals surface area contributed by atoms with E-state index in [0.717, 1.165) is 17.5 Å². The minimum Gasteiger partial charge on any atom is -0.398 e. The molecule has 2 rings (SSSR count). The van der Waals surface area contributed by atoms with Crippen molar-refractivity contribution in [3.63, 3.8) is 0 Å².